The third kappa shape index (κ3) is 5.31. The number of benzene rings is 2. The van der Waals surface area contributed by atoms with Crippen molar-refractivity contribution in [2.24, 2.45) is 0 Å². The fourth-order valence-electron chi connectivity index (χ4n) is 3.36. The Morgan fingerprint density at radius 2 is 1.85 bits per heavy atom. The molecule has 0 aliphatic heterocycles. The summed E-state index contributed by atoms with van der Waals surface area (Å²) < 4.78 is 38.4. The van der Waals surface area contributed by atoms with Gasteiger partial charge in [0.1, 0.15) is 11.6 Å². The van der Waals surface area contributed by atoms with Crippen molar-refractivity contribution in [2.45, 2.75) is 39.3 Å². The lowest BCUT2D eigenvalue weighted by molar-refractivity contribution is -0.134. The molecule has 0 saturated heterocycles. The van der Waals surface area contributed by atoms with Crippen LogP contribution in [0.15, 0.2) is 57.5 Å². The van der Waals surface area contributed by atoms with Gasteiger partial charge in [-0.2, -0.15) is 0 Å². The molecular formula is C24H21ClF2N4O3. The number of carbonyl (C=O) groups excluding carboxylic acids is 1. The smallest absolute Gasteiger partial charge is 0.249 e. The average Bonchev–Trinajstić information content (AvgIpc) is 3.46. The Kier molecular flexibility index (Phi) is 7.02. The van der Waals surface area contributed by atoms with Gasteiger partial charge in [0.15, 0.2) is 11.7 Å². The van der Waals surface area contributed by atoms with Crippen LogP contribution >= 0.6 is 11.6 Å². The van der Waals surface area contributed by atoms with Crippen molar-refractivity contribution in [3.8, 4) is 22.8 Å². The minimum Gasteiger partial charge on any atom is -0.441 e. The summed E-state index contributed by atoms with van der Waals surface area (Å²) in [5, 5.41) is 8.57. The van der Waals surface area contributed by atoms with Gasteiger partial charge in [-0.15, -0.1) is 10.2 Å². The number of hydrogen-bond acceptors (Lipinski definition) is 6. The number of oxazole rings is 1. The number of nitrogens with zero attached hydrogens (tertiary/aromatic N) is 4. The van der Waals surface area contributed by atoms with Gasteiger partial charge in [-0.05, 0) is 38.1 Å². The summed E-state index contributed by atoms with van der Waals surface area (Å²) in [4.78, 5) is 18.6. The predicted octanol–water partition coefficient (Wildman–Crippen LogP) is 5.69. The zero-order valence-corrected chi connectivity index (χ0v) is 19.2. The van der Waals surface area contributed by atoms with Crippen LogP contribution in [0.2, 0.25) is 5.02 Å². The molecule has 176 valence electrons. The van der Waals surface area contributed by atoms with Crippen LogP contribution in [-0.4, -0.2) is 32.0 Å². The molecular weight excluding hydrogens is 466 g/mol. The molecule has 4 aromatic rings. The van der Waals surface area contributed by atoms with Crippen LogP contribution in [-0.2, 0) is 17.8 Å². The van der Waals surface area contributed by atoms with E-state index in [-0.39, 0.29) is 60.3 Å². The first-order valence-electron chi connectivity index (χ1n) is 10.6. The minimum absolute atomic E-state index is 0.0981. The summed E-state index contributed by atoms with van der Waals surface area (Å²) in [6.45, 7) is 3.89. The number of hydrogen-bond donors (Lipinski definition) is 0. The number of aryl methyl sites for hydroxylation is 1. The lowest BCUT2D eigenvalue weighted by Gasteiger charge is -2.25. The van der Waals surface area contributed by atoms with E-state index in [1.54, 1.807) is 23.1 Å². The van der Waals surface area contributed by atoms with Gasteiger partial charge in [0, 0.05) is 24.9 Å². The van der Waals surface area contributed by atoms with Crippen molar-refractivity contribution in [3.05, 3.63) is 77.1 Å². The summed E-state index contributed by atoms with van der Waals surface area (Å²) in [6, 6.07) is 10.2. The molecule has 2 aromatic carbocycles. The normalized spacial score (nSPS) is 11.2. The highest BCUT2D eigenvalue weighted by atomic mass is 35.5. The molecule has 4 rings (SSSR count). The molecule has 10 heteroatoms. The van der Waals surface area contributed by atoms with Crippen molar-refractivity contribution in [3.63, 3.8) is 0 Å². The second kappa shape index (κ2) is 10.1. The Morgan fingerprint density at radius 1 is 1.06 bits per heavy atom. The summed E-state index contributed by atoms with van der Waals surface area (Å²) in [5.41, 5.74) is 0.712. The lowest BCUT2D eigenvalue weighted by Crippen LogP contribution is -2.36. The Morgan fingerprint density at radius 3 is 2.59 bits per heavy atom. The second-order valence-electron chi connectivity index (χ2n) is 7.84. The molecule has 0 spiro atoms. The predicted molar refractivity (Wildman–Crippen MR) is 121 cm³/mol. The maximum atomic E-state index is 14.0. The zero-order chi connectivity index (χ0) is 24.2. The van der Waals surface area contributed by atoms with Crippen molar-refractivity contribution in [1.29, 1.82) is 0 Å². The highest BCUT2D eigenvalue weighted by Crippen LogP contribution is 2.27. The van der Waals surface area contributed by atoms with Gasteiger partial charge in [0.2, 0.25) is 17.7 Å². The van der Waals surface area contributed by atoms with Gasteiger partial charge in [-0.3, -0.25) is 4.79 Å². The average molecular weight is 487 g/mol. The molecule has 2 heterocycles. The molecule has 0 atom stereocenters. The maximum absolute atomic E-state index is 14.0. The first-order chi connectivity index (χ1) is 16.3. The van der Waals surface area contributed by atoms with Crippen molar-refractivity contribution < 1.29 is 22.4 Å². The molecule has 0 aliphatic rings. The van der Waals surface area contributed by atoms with Crippen LogP contribution in [0.3, 0.4) is 0 Å². The second-order valence-corrected chi connectivity index (χ2v) is 8.25. The van der Waals surface area contributed by atoms with E-state index >= 15 is 0 Å². The van der Waals surface area contributed by atoms with E-state index in [0.717, 1.165) is 12.1 Å². The van der Waals surface area contributed by atoms with Crippen molar-refractivity contribution in [1.82, 2.24) is 20.1 Å². The highest BCUT2D eigenvalue weighted by Gasteiger charge is 2.22. The maximum Gasteiger partial charge on any atom is 0.249 e. The third-order valence-electron chi connectivity index (χ3n) is 5.12. The van der Waals surface area contributed by atoms with Gasteiger partial charge < -0.3 is 13.7 Å². The van der Waals surface area contributed by atoms with E-state index in [0.29, 0.717) is 10.6 Å². The van der Waals surface area contributed by atoms with Crippen LogP contribution < -0.4 is 0 Å². The number of amides is 1. The molecule has 0 N–H and O–H groups in total. The largest absolute Gasteiger partial charge is 0.441 e. The van der Waals surface area contributed by atoms with E-state index in [2.05, 4.69) is 15.2 Å². The molecule has 2 aromatic heterocycles. The SMILES string of the molecule is CC(C)N(Cc1nnc(-c2ccccc2Cl)o1)C(=O)CCc1ncc(-c2ccc(F)cc2F)o1. The van der Waals surface area contributed by atoms with E-state index in [9.17, 15) is 13.6 Å². The van der Waals surface area contributed by atoms with Crippen LogP contribution in [0.25, 0.3) is 22.8 Å². The molecule has 0 fully saturated rings. The number of rotatable bonds is 8. The molecule has 0 aliphatic carbocycles. The Balaban J connectivity index is 1.41. The third-order valence-corrected chi connectivity index (χ3v) is 5.45. The van der Waals surface area contributed by atoms with Crippen LogP contribution in [0.1, 0.15) is 32.0 Å². The summed E-state index contributed by atoms with van der Waals surface area (Å²) in [5.74, 6) is -0.603. The van der Waals surface area contributed by atoms with Gasteiger partial charge >= 0.3 is 0 Å². The van der Waals surface area contributed by atoms with Gasteiger partial charge in [0.05, 0.1) is 28.9 Å². The van der Waals surface area contributed by atoms with Gasteiger partial charge in [-0.25, -0.2) is 13.8 Å². The van der Waals surface area contributed by atoms with E-state index in [1.165, 1.54) is 12.3 Å². The summed E-state index contributed by atoms with van der Waals surface area (Å²) in [7, 11) is 0. The van der Waals surface area contributed by atoms with E-state index in [1.807, 2.05) is 19.9 Å². The number of aromatic nitrogens is 3. The highest BCUT2D eigenvalue weighted by molar-refractivity contribution is 6.33. The van der Waals surface area contributed by atoms with Gasteiger partial charge in [-0.1, -0.05) is 23.7 Å². The summed E-state index contributed by atoms with van der Waals surface area (Å²) >= 11 is 6.19. The fraction of sp³-hybridized carbons (Fsp3) is 0.250. The molecule has 0 radical (unpaired) electrons. The molecule has 0 saturated carbocycles. The quantitative estimate of drug-likeness (QED) is 0.318. The molecule has 0 unspecified atom stereocenters. The molecule has 34 heavy (non-hydrogen) atoms. The lowest BCUT2D eigenvalue weighted by atomic mass is 10.2. The zero-order valence-electron chi connectivity index (χ0n) is 18.5. The van der Waals surface area contributed by atoms with E-state index < -0.39 is 11.6 Å². The number of halogens is 3. The van der Waals surface area contributed by atoms with Crippen LogP contribution in [0, 0.1) is 11.6 Å². The van der Waals surface area contributed by atoms with Crippen LogP contribution in [0.5, 0.6) is 0 Å². The summed E-state index contributed by atoms with van der Waals surface area (Å²) in [6.07, 6.45) is 1.67. The first kappa shape index (κ1) is 23.6. The first-order valence-corrected chi connectivity index (χ1v) is 11.0. The molecule has 0 bridgehead atoms. The topological polar surface area (TPSA) is 85.3 Å². The van der Waals surface area contributed by atoms with Crippen LogP contribution in [0.4, 0.5) is 8.78 Å². The Hall–Kier alpha value is -3.59. The Bertz CT molecular complexity index is 1300. The molecule has 1 amide bonds. The van der Waals surface area contributed by atoms with Crippen molar-refractivity contribution in [2.75, 3.05) is 0 Å². The van der Waals surface area contributed by atoms with E-state index in [4.69, 9.17) is 20.4 Å². The fourth-order valence-corrected chi connectivity index (χ4v) is 3.58. The standard InChI is InChI=1S/C24H21ClF2N4O3/c1-14(2)31(13-22-29-30-24(34-22)16-5-3-4-6-18(16)25)23(32)10-9-21-28-12-20(33-21)17-8-7-15(26)11-19(17)27/h3-8,11-12,14H,9-10,13H2,1-2H3. The van der Waals surface area contributed by atoms with Gasteiger partial charge in [0.25, 0.3) is 0 Å². The Labute approximate surface area is 199 Å². The molecule has 7 nitrogen and oxygen atoms in total. The van der Waals surface area contributed by atoms with Crippen molar-refractivity contribution >= 4 is 17.5 Å². The minimum atomic E-state index is -0.750. The monoisotopic (exact) mass is 486 g/mol. The number of carbonyl (C=O) groups is 1.